The molecule has 0 bridgehead atoms. The highest BCUT2D eigenvalue weighted by Gasteiger charge is 2.21. The van der Waals surface area contributed by atoms with E-state index in [2.05, 4.69) is 24.5 Å². The number of benzene rings is 4. The number of carbonyl (C=O) groups is 3. The summed E-state index contributed by atoms with van der Waals surface area (Å²) in [6.45, 7) is -4.30. The SMILES string of the molecule is COC(=O)[C@@H](Cc1c[nH]c2ccccc12)NCl.[2H]C1([2H])Oc2ccc(C=N[C@H](Cc3c[nH]c4ccccc34)C(=O)OC)cc2O1.[2H]C1([2H])Oc2ccc(C=O)cc2O1. The summed E-state index contributed by atoms with van der Waals surface area (Å²) in [5.41, 5.74) is 5.13. The molecule has 0 spiro atoms. The molecule has 8 rings (SSSR count). The van der Waals surface area contributed by atoms with Gasteiger partial charge in [0.25, 0.3) is 0 Å². The minimum Gasteiger partial charge on any atom is -0.468 e. The van der Waals surface area contributed by atoms with Gasteiger partial charge in [-0.1, -0.05) is 36.4 Å². The molecule has 14 heteroatoms. The highest BCUT2D eigenvalue weighted by atomic mass is 35.5. The van der Waals surface area contributed by atoms with Gasteiger partial charge in [0.15, 0.2) is 29.0 Å². The van der Waals surface area contributed by atoms with Crippen molar-refractivity contribution in [3.8, 4) is 23.0 Å². The predicted molar refractivity (Wildman–Crippen MR) is 203 cm³/mol. The molecule has 0 unspecified atom stereocenters. The molecule has 0 amide bonds. The van der Waals surface area contributed by atoms with E-state index in [1.165, 1.54) is 32.4 Å². The Bertz CT molecular complexity index is 2460. The number of H-pyrrole nitrogens is 2. The number of esters is 2. The molecule has 2 aliphatic rings. The molecule has 0 saturated carbocycles. The van der Waals surface area contributed by atoms with Crippen molar-refractivity contribution in [1.29, 1.82) is 0 Å². The van der Waals surface area contributed by atoms with Gasteiger partial charge >= 0.3 is 11.9 Å². The van der Waals surface area contributed by atoms with Crippen LogP contribution in [0.15, 0.2) is 102 Å². The summed E-state index contributed by atoms with van der Waals surface area (Å²) < 4.78 is 58.5. The molecule has 54 heavy (non-hydrogen) atoms. The van der Waals surface area contributed by atoms with Crippen LogP contribution in [0.2, 0.25) is 0 Å². The number of halogens is 1. The van der Waals surface area contributed by atoms with Crippen LogP contribution in [0.3, 0.4) is 0 Å². The fourth-order valence-electron chi connectivity index (χ4n) is 5.60. The number of aromatic amines is 2. The molecular weight excluding hydrogens is 716 g/mol. The summed E-state index contributed by atoms with van der Waals surface area (Å²) in [5.74, 6) is 0.389. The van der Waals surface area contributed by atoms with Gasteiger partial charge in [-0.25, -0.2) is 9.63 Å². The van der Waals surface area contributed by atoms with E-state index in [0.717, 1.165) is 32.9 Å². The molecule has 4 heterocycles. The van der Waals surface area contributed by atoms with Crippen LogP contribution in [0.25, 0.3) is 21.8 Å². The summed E-state index contributed by atoms with van der Waals surface area (Å²) >= 11 is 5.55. The van der Waals surface area contributed by atoms with Crippen molar-refractivity contribution in [1.82, 2.24) is 14.8 Å². The van der Waals surface area contributed by atoms with Crippen molar-refractivity contribution in [2.24, 2.45) is 4.99 Å². The molecule has 278 valence electrons. The first kappa shape index (κ1) is 32.3. The number of nitrogens with zero attached hydrogens (tertiary/aromatic N) is 1. The fourth-order valence-corrected chi connectivity index (χ4v) is 5.77. The Hall–Kier alpha value is -6.31. The molecule has 2 aromatic heterocycles. The van der Waals surface area contributed by atoms with Gasteiger partial charge in [0.2, 0.25) is 13.5 Å². The lowest BCUT2D eigenvalue weighted by Crippen LogP contribution is -2.33. The molecule has 2 atom stereocenters. The van der Waals surface area contributed by atoms with Crippen molar-refractivity contribution in [3.05, 3.63) is 120 Å². The maximum absolute atomic E-state index is 12.2. The molecule has 3 N–H and O–H groups in total. The number of para-hydroxylation sites is 2. The molecule has 0 saturated heterocycles. The second-order valence-electron chi connectivity index (χ2n) is 11.7. The zero-order valence-electron chi connectivity index (χ0n) is 33.0. The second kappa shape index (κ2) is 17.9. The minimum atomic E-state index is -2.18. The Morgan fingerprint density at radius 2 is 1.30 bits per heavy atom. The first-order chi connectivity index (χ1) is 27.8. The number of methoxy groups -OCH3 is 2. The average molecular weight is 757 g/mol. The fraction of sp³-hybridized carbons (Fsp3) is 0.200. The van der Waals surface area contributed by atoms with Gasteiger partial charge in [-0.15, -0.1) is 0 Å². The number of hydrogen-bond donors (Lipinski definition) is 3. The summed E-state index contributed by atoms with van der Waals surface area (Å²) in [6, 6.07) is 23.9. The average Bonchev–Trinajstić information content (AvgIpc) is 3.98. The zero-order valence-corrected chi connectivity index (χ0v) is 29.7. The maximum Gasteiger partial charge on any atom is 0.330 e. The summed E-state index contributed by atoms with van der Waals surface area (Å²) in [6.07, 6.45) is 6.85. The summed E-state index contributed by atoms with van der Waals surface area (Å²) in [7, 11) is 2.68. The molecule has 13 nitrogen and oxygen atoms in total. The second-order valence-corrected chi connectivity index (χ2v) is 12.0. The Morgan fingerprint density at radius 1 is 0.778 bits per heavy atom. The Morgan fingerprint density at radius 3 is 1.85 bits per heavy atom. The maximum atomic E-state index is 12.2. The predicted octanol–water partition coefficient (Wildman–Crippen LogP) is 6.32. The van der Waals surface area contributed by atoms with Crippen LogP contribution in [-0.2, 0) is 31.9 Å². The zero-order chi connectivity index (χ0) is 41.5. The first-order valence-corrected chi connectivity index (χ1v) is 16.8. The molecular formula is C40H37ClN4O9. The standard InChI is InChI=1S/C20H18N2O4.C12H13ClN2O2.C8H6O3/c1-24-20(23)17(9-14-11-22-16-5-3-2-4-15(14)16)21-10-13-6-7-18-19(8-13)26-12-25-18;1-17-12(16)11(15-13)6-8-7-14-10-5-3-2-4-9(8)10;9-4-6-1-2-7-8(3-6)11-5-10-7/h2-8,10-11,17,22H,9,12H2,1H3;2-5,7,11,14-15H,6H2,1H3;1-4H,5H2/t17-;11-;/m11./s1/i12D2;;5D2. The third kappa shape index (κ3) is 9.00. The number of aliphatic imine (C=N–C) groups is 1. The minimum absolute atomic E-state index is 0.259. The number of aldehydes is 1. The number of hydrogen-bond acceptors (Lipinski definition) is 11. The van der Waals surface area contributed by atoms with Crippen LogP contribution < -0.4 is 23.8 Å². The van der Waals surface area contributed by atoms with Crippen molar-refractivity contribution < 1.29 is 48.3 Å². The lowest BCUT2D eigenvalue weighted by molar-refractivity contribution is -0.143. The highest BCUT2D eigenvalue weighted by molar-refractivity contribution is 6.14. The third-order valence-electron chi connectivity index (χ3n) is 8.36. The number of ether oxygens (including phenoxy) is 6. The van der Waals surface area contributed by atoms with Gasteiger partial charge in [-0.05, 0) is 77.0 Å². The van der Waals surface area contributed by atoms with Crippen molar-refractivity contribution in [2.75, 3.05) is 27.7 Å². The lowest BCUT2D eigenvalue weighted by Gasteiger charge is -2.11. The third-order valence-corrected chi connectivity index (χ3v) is 8.62. The molecule has 0 aliphatic carbocycles. The highest BCUT2D eigenvalue weighted by Crippen LogP contribution is 2.33. The number of fused-ring (bicyclic) bond motifs is 4. The Labute approximate surface area is 320 Å². The van der Waals surface area contributed by atoms with Crippen LogP contribution in [0, 0.1) is 0 Å². The summed E-state index contributed by atoms with van der Waals surface area (Å²) in [5, 5.41) is 2.13. The monoisotopic (exact) mass is 756 g/mol. The number of nitrogens with one attached hydrogen (secondary N) is 3. The van der Waals surface area contributed by atoms with Crippen LogP contribution >= 0.6 is 11.8 Å². The van der Waals surface area contributed by atoms with Crippen LogP contribution in [-0.4, -0.2) is 74.2 Å². The van der Waals surface area contributed by atoms with Gasteiger partial charge in [-0.3, -0.25) is 14.6 Å². The molecule has 4 aromatic carbocycles. The van der Waals surface area contributed by atoms with E-state index in [9.17, 15) is 14.4 Å². The topological polar surface area (TPSA) is 163 Å². The Kier molecular flexibility index (Phi) is 10.8. The van der Waals surface area contributed by atoms with E-state index in [1.807, 2.05) is 60.9 Å². The Balaban J connectivity index is 0.000000161. The number of rotatable bonds is 10. The van der Waals surface area contributed by atoms with E-state index < -0.39 is 31.5 Å². The molecule has 0 fully saturated rings. The first-order valence-electron chi connectivity index (χ1n) is 18.5. The van der Waals surface area contributed by atoms with Gasteiger partial charge in [0.05, 0.1) is 14.2 Å². The van der Waals surface area contributed by atoms with E-state index in [0.29, 0.717) is 47.5 Å². The number of carbonyl (C=O) groups excluding carboxylic acids is 3. The van der Waals surface area contributed by atoms with Gasteiger partial charge in [0, 0.05) is 58.8 Å². The lowest BCUT2D eigenvalue weighted by atomic mass is 10.1. The van der Waals surface area contributed by atoms with Crippen molar-refractivity contribution in [2.45, 2.75) is 24.9 Å². The molecule has 0 radical (unpaired) electrons. The molecule has 6 aromatic rings. The van der Waals surface area contributed by atoms with Crippen LogP contribution in [0.5, 0.6) is 23.0 Å². The van der Waals surface area contributed by atoms with Gasteiger partial charge in [0.1, 0.15) is 17.8 Å². The number of aromatic nitrogens is 2. The van der Waals surface area contributed by atoms with Gasteiger partial charge < -0.3 is 38.4 Å². The van der Waals surface area contributed by atoms with Crippen molar-refractivity contribution in [3.63, 3.8) is 0 Å². The van der Waals surface area contributed by atoms with E-state index in [-0.39, 0.29) is 11.7 Å². The molecule has 2 aliphatic heterocycles. The summed E-state index contributed by atoms with van der Waals surface area (Å²) in [4.78, 5) is 47.2. The van der Waals surface area contributed by atoms with Crippen LogP contribution in [0.4, 0.5) is 0 Å². The van der Waals surface area contributed by atoms with E-state index >= 15 is 0 Å². The normalized spacial score (nSPS) is 16.4. The van der Waals surface area contributed by atoms with Gasteiger partial charge in [-0.2, -0.15) is 0 Å². The quantitative estimate of drug-likeness (QED) is 0.0624. The van der Waals surface area contributed by atoms with E-state index in [4.69, 9.17) is 40.9 Å². The smallest absolute Gasteiger partial charge is 0.330 e. The largest absolute Gasteiger partial charge is 0.468 e. The van der Waals surface area contributed by atoms with Crippen LogP contribution in [0.1, 0.15) is 32.5 Å². The van der Waals surface area contributed by atoms with E-state index in [1.54, 1.807) is 24.4 Å². The van der Waals surface area contributed by atoms with Crippen molar-refractivity contribution >= 4 is 58.0 Å².